The molecule has 1 aliphatic rings. The zero-order chi connectivity index (χ0) is 25.2. The van der Waals surface area contributed by atoms with Crippen molar-refractivity contribution in [2.24, 2.45) is 5.41 Å². The molecule has 0 aromatic carbocycles. The summed E-state index contributed by atoms with van der Waals surface area (Å²) in [5.74, 6) is -4.31. The van der Waals surface area contributed by atoms with Crippen molar-refractivity contribution in [1.82, 2.24) is 0 Å². The number of carboxylic acids is 2. The number of carboxylic acid groups (broad SMARTS) is 2. The largest absolute Gasteiger partial charge is 0.481 e. The first-order valence-electron chi connectivity index (χ1n) is 11.0. The molecule has 0 heterocycles. The van der Waals surface area contributed by atoms with Crippen LogP contribution in [0.5, 0.6) is 0 Å². The summed E-state index contributed by atoms with van der Waals surface area (Å²) in [6.07, 6.45) is 13.2. The third kappa shape index (κ3) is 9.61. The van der Waals surface area contributed by atoms with E-state index in [0.29, 0.717) is 0 Å². The van der Waals surface area contributed by atoms with Crippen LogP contribution < -0.4 is 0 Å². The fourth-order valence-electron chi connectivity index (χ4n) is 3.72. The Morgan fingerprint density at radius 1 is 1.09 bits per heavy atom. The number of allylic oxidation sites excluding steroid dienone is 9. The molecule has 0 saturated heterocycles. The van der Waals surface area contributed by atoms with Crippen LogP contribution in [-0.2, 0) is 19.1 Å². The van der Waals surface area contributed by atoms with Crippen molar-refractivity contribution in [2.45, 2.75) is 72.3 Å². The lowest BCUT2D eigenvalue weighted by atomic mass is 9.72. The minimum absolute atomic E-state index is 0.122. The summed E-state index contributed by atoms with van der Waals surface area (Å²) in [5, 5.41) is 27.5. The van der Waals surface area contributed by atoms with Crippen LogP contribution in [0.2, 0.25) is 0 Å². The fraction of sp³-hybridized carbons (Fsp3) is 0.500. The molecule has 0 amide bonds. The number of ether oxygens (including phenoxy) is 1. The second kappa shape index (κ2) is 12.3. The third-order valence-electron chi connectivity index (χ3n) is 5.70. The maximum atomic E-state index is 11.8. The summed E-state index contributed by atoms with van der Waals surface area (Å²) in [5.41, 5.74) is 2.27. The highest BCUT2D eigenvalue weighted by molar-refractivity contribution is 5.88. The third-order valence-corrected chi connectivity index (χ3v) is 5.70. The smallest absolute Gasteiger partial charge is 0.336 e. The van der Waals surface area contributed by atoms with E-state index in [2.05, 4.69) is 32.9 Å². The standard InChI is InChI=1S/C26H36O7/c1-18(11-12-21-20(3)10-7-14-25(21,4)5)8-6-9-19(2)13-15-33-23(29)17-26(32,24(30)31)16-22(27)28/h6,8-9,11-13,32H,7,10,14-17H2,1-5H3,(H,27,28)(H,30,31)/b9-6+,12-11+,18-8-,19-13+. The highest BCUT2D eigenvalue weighted by atomic mass is 16.5. The predicted octanol–water partition coefficient (Wildman–Crippen LogP) is 4.74. The van der Waals surface area contributed by atoms with E-state index in [1.165, 1.54) is 24.0 Å². The highest BCUT2D eigenvalue weighted by Gasteiger charge is 2.41. The van der Waals surface area contributed by atoms with Gasteiger partial charge in [0.05, 0.1) is 12.8 Å². The van der Waals surface area contributed by atoms with Gasteiger partial charge in [-0.2, -0.15) is 0 Å². The van der Waals surface area contributed by atoms with Gasteiger partial charge in [0.1, 0.15) is 6.61 Å². The fourth-order valence-corrected chi connectivity index (χ4v) is 3.72. The normalized spacial score (nSPS) is 19.1. The second-order valence-electron chi connectivity index (χ2n) is 9.25. The van der Waals surface area contributed by atoms with Crippen molar-refractivity contribution in [3.63, 3.8) is 0 Å². The summed E-state index contributed by atoms with van der Waals surface area (Å²) in [6, 6.07) is 0. The van der Waals surface area contributed by atoms with E-state index in [0.717, 1.165) is 17.6 Å². The van der Waals surface area contributed by atoms with Crippen molar-refractivity contribution in [3.05, 3.63) is 58.7 Å². The molecule has 3 N–H and O–H groups in total. The van der Waals surface area contributed by atoms with E-state index in [4.69, 9.17) is 14.9 Å². The second-order valence-corrected chi connectivity index (χ2v) is 9.25. The minimum Gasteiger partial charge on any atom is -0.481 e. The Labute approximate surface area is 195 Å². The molecule has 7 heteroatoms. The first-order chi connectivity index (χ1) is 15.3. The van der Waals surface area contributed by atoms with Crippen molar-refractivity contribution >= 4 is 17.9 Å². The Balaban J connectivity index is 2.62. The molecule has 1 rings (SSSR count). The number of esters is 1. The molecule has 0 bridgehead atoms. The number of aliphatic hydroxyl groups is 1. The van der Waals surface area contributed by atoms with Gasteiger partial charge in [0.25, 0.3) is 0 Å². The van der Waals surface area contributed by atoms with Gasteiger partial charge < -0.3 is 20.1 Å². The molecule has 1 aliphatic carbocycles. The highest BCUT2D eigenvalue weighted by Crippen LogP contribution is 2.40. The van der Waals surface area contributed by atoms with E-state index >= 15 is 0 Å². The first-order valence-corrected chi connectivity index (χ1v) is 11.0. The number of hydrogen-bond donors (Lipinski definition) is 3. The SMILES string of the molecule is CC1=C(/C=C/C(C)=C\C=C\C(C)=C\COC(=O)CC(O)(CC(=O)O)C(=O)O)C(C)(C)CCC1. The van der Waals surface area contributed by atoms with Gasteiger partial charge in [-0.3, -0.25) is 9.59 Å². The Morgan fingerprint density at radius 2 is 1.76 bits per heavy atom. The van der Waals surface area contributed by atoms with Crippen molar-refractivity contribution < 1.29 is 34.4 Å². The number of aliphatic carboxylic acids is 2. The van der Waals surface area contributed by atoms with Crippen molar-refractivity contribution in [3.8, 4) is 0 Å². The zero-order valence-corrected chi connectivity index (χ0v) is 20.2. The predicted molar refractivity (Wildman–Crippen MR) is 127 cm³/mol. The monoisotopic (exact) mass is 460 g/mol. The lowest BCUT2D eigenvalue weighted by molar-refractivity contribution is -0.171. The van der Waals surface area contributed by atoms with E-state index in [1.54, 1.807) is 6.08 Å². The molecular formula is C26H36O7. The topological polar surface area (TPSA) is 121 Å². The molecule has 0 radical (unpaired) electrons. The average Bonchev–Trinajstić information content (AvgIpc) is 2.66. The molecule has 0 aliphatic heterocycles. The van der Waals surface area contributed by atoms with Crippen LogP contribution in [0.25, 0.3) is 0 Å². The molecule has 0 aromatic heterocycles. The van der Waals surface area contributed by atoms with Gasteiger partial charge in [0.15, 0.2) is 5.60 Å². The molecule has 0 spiro atoms. The van der Waals surface area contributed by atoms with Gasteiger partial charge in [-0.05, 0) is 57.1 Å². The van der Waals surface area contributed by atoms with E-state index in [9.17, 15) is 19.5 Å². The Bertz CT molecular complexity index is 900. The Hall–Kier alpha value is -2.93. The number of carbonyl (C=O) groups excluding carboxylic acids is 1. The summed E-state index contributed by atoms with van der Waals surface area (Å²) < 4.78 is 4.91. The van der Waals surface area contributed by atoms with Crippen LogP contribution in [0.4, 0.5) is 0 Å². The molecule has 182 valence electrons. The minimum atomic E-state index is -2.70. The molecule has 1 atom stereocenters. The van der Waals surface area contributed by atoms with Crippen molar-refractivity contribution in [1.29, 1.82) is 0 Å². The van der Waals surface area contributed by atoms with E-state index in [1.807, 2.05) is 32.1 Å². The molecular weight excluding hydrogens is 424 g/mol. The van der Waals surface area contributed by atoms with Gasteiger partial charge in [-0.15, -0.1) is 0 Å². The molecule has 1 unspecified atom stereocenters. The first kappa shape index (κ1) is 28.1. The van der Waals surface area contributed by atoms with E-state index < -0.39 is 36.4 Å². The van der Waals surface area contributed by atoms with Gasteiger partial charge >= 0.3 is 17.9 Å². The van der Waals surface area contributed by atoms with Crippen LogP contribution in [-0.4, -0.2) is 45.4 Å². The average molecular weight is 461 g/mol. The number of rotatable bonds is 11. The number of hydrogen-bond acceptors (Lipinski definition) is 5. The summed E-state index contributed by atoms with van der Waals surface area (Å²) in [7, 11) is 0. The van der Waals surface area contributed by atoms with Crippen LogP contribution in [0, 0.1) is 5.41 Å². The molecule has 0 saturated carbocycles. The Kier molecular flexibility index (Phi) is 10.5. The summed E-state index contributed by atoms with van der Waals surface area (Å²) in [6.45, 7) is 10.5. The zero-order valence-electron chi connectivity index (χ0n) is 20.2. The quantitative estimate of drug-likeness (QED) is 0.301. The molecule has 33 heavy (non-hydrogen) atoms. The van der Waals surface area contributed by atoms with Crippen LogP contribution >= 0.6 is 0 Å². The molecule has 0 fully saturated rings. The van der Waals surface area contributed by atoms with Gasteiger partial charge in [0.2, 0.25) is 0 Å². The Morgan fingerprint density at radius 3 is 2.33 bits per heavy atom. The van der Waals surface area contributed by atoms with Crippen molar-refractivity contribution in [2.75, 3.05) is 6.61 Å². The molecule has 7 nitrogen and oxygen atoms in total. The van der Waals surface area contributed by atoms with Crippen LogP contribution in [0.15, 0.2) is 58.7 Å². The number of carbonyl (C=O) groups is 3. The van der Waals surface area contributed by atoms with Crippen LogP contribution in [0.3, 0.4) is 0 Å². The van der Waals surface area contributed by atoms with Gasteiger partial charge in [-0.1, -0.05) is 60.9 Å². The molecule has 0 aromatic rings. The summed E-state index contributed by atoms with van der Waals surface area (Å²) in [4.78, 5) is 33.6. The maximum absolute atomic E-state index is 11.8. The van der Waals surface area contributed by atoms with Gasteiger partial charge in [-0.25, -0.2) is 4.79 Å². The lowest BCUT2D eigenvalue weighted by Crippen LogP contribution is -2.43. The van der Waals surface area contributed by atoms with Gasteiger partial charge in [0, 0.05) is 0 Å². The lowest BCUT2D eigenvalue weighted by Gasteiger charge is -2.32. The van der Waals surface area contributed by atoms with E-state index in [-0.39, 0.29) is 12.0 Å². The summed E-state index contributed by atoms with van der Waals surface area (Å²) >= 11 is 0. The van der Waals surface area contributed by atoms with Crippen LogP contribution in [0.1, 0.15) is 66.7 Å². The maximum Gasteiger partial charge on any atom is 0.336 e.